The summed E-state index contributed by atoms with van der Waals surface area (Å²) in [6.07, 6.45) is -3.98. The van der Waals surface area contributed by atoms with E-state index in [1.807, 2.05) is 0 Å². The molecule has 0 aliphatic carbocycles. The molecule has 1 aliphatic heterocycles. The summed E-state index contributed by atoms with van der Waals surface area (Å²) >= 11 is 0. The molecule has 0 amide bonds. The lowest BCUT2D eigenvalue weighted by molar-refractivity contribution is -0.144. The molecular weight excluding hydrogens is 197 g/mol. The number of halogens is 3. The maximum absolute atomic E-state index is 11.7. The Bertz CT molecular complexity index is 195. The van der Waals surface area contributed by atoms with Gasteiger partial charge in [-0.2, -0.15) is 13.2 Å². The summed E-state index contributed by atoms with van der Waals surface area (Å²) in [7, 11) is 0. The Balaban J connectivity index is 2.15. The van der Waals surface area contributed by atoms with Gasteiger partial charge >= 0.3 is 6.18 Å². The van der Waals surface area contributed by atoms with E-state index < -0.39 is 19.0 Å². The summed E-state index contributed by atoms with van der Waals surface area (Å²) in [5.41, 5.74) is 0. The van der Waals surface area contributed by atoms with Crippen molar-refractivity contribution in [2.75, 3.05) is 6.61 Å². The van der Waals surface area contributed by atoms with E-state index in [1.54, 1.807) is 0 Å². The van der Waals surface area contributed by atoms with Crippen molar-refractivity contribution in [3.05, 3.63) is 0 Å². The molecule has 1 rings (SSSR count). The molecule has 2 nitrogen and oxygen atoms in total. The Morgan fingerprint density at radius 3 is 2.64 bits per heavy atom. The van der Waals surface area contributed by atoms with Crippen LogP contribution < -0.4 is 0 Å². The van der Waals surface area contributed by atoms with Crippen molar-refractivity contribution in [2.45, 2.75) is 44.4 Å². The molecule has 0 aromatic carbocycles. The number of carbonyl (C=O) groups is 1. The van der Waals surface area contributed by atoms with Gasteiger partial charge in [-0.3, -0.25) is 4.79 Å². The number of alkyl halides is 3. The topological polar surface area (TPSA) is 26.3 Å². The molecule has 5 heteroatoms. The first-order chi connectivity index (χ1) is 6.47. The molecule has 0 aromatic heterocycles. The third-order valence-corrected chi connectivity index (χ3v) is 2.17. The normalized spacial score (nSPS) is 22.6. The minimum absolute atomic E-state index is 0.135. The molecule has 0 N–H and O–H groups in total. The van der Waals surface area contributed by atoms with Crippen LogP contribution in [-0.4, -0.2) is 24.7 Å². The number of ether oxygens (including phenoxy) is 1. The van der Waals surface area contributed by atoms with E-state index in [2.05, 4.69) is 0 Å². The molecule has 0 bridgehead atoms. The zero-order valence-electron chi connectivity index (χ0n) is 7.77. The van der Waals surface area contributed by atoms with Crippen LogP contribution in [0.3, 0.4) is 0 Å². The highest BCUT2D eigenvalue weighted by Gasteiger charge is 2.28. The molecule has 0 saturated carbocycles. The average molecular weight is 210 g/mol. The minimum Gasteiger partial charge on any atom is -0.378 e. The van der Waals surface area contributed by atoms with Crippen LogP contribution in [-0.2, 0) is 9.53 Å². The summed E-state index contributed by atoms with van der Waals surface area (Å²) in [5, 5.41) is 0. The minimum atomic E-state index is -4.23. The Morgan fingerprint density at radius 2 is 2.14 bits per heavy atom. The molecule has 1 heterocycles. The number of hydrogen-bond donors (Lipinski definition) is 0. The highest BCUT2D eigenvalue weighted by atomic mass is 19.4. The first-order valence-electron chi connectivity index (χ1n) is 4.67. The van der Waals surface area contributed by atoms with Gasteiger partial charge in [-0.25, -0.2) is 0 Å². The predicted octanol–water partition coefficient (Wildman–Crippen LogP) is 2.47. The zero-order chi connectivity index (χ0) is 10.6. The van der Waals surface area contributed by atoms with Crippen molar-refractivity contribution in [2.24, 2.45) is 0 Å². The summed E-state index contributed by atoms with van der Waals surface area (Å²) < 4.78 is 40.4. The van der Waals surface area contributed by atoms with Crippen LogP contribution in [0.2, 0.25) is 0 Å². The lowest BCUT2D eigenvalue weighted by Gasteiger charge is -2.09. The zero-order valence-corrected chi connectivity index (χ0v) is 7.77. The fourth-order valence-corrected chi connectivity index (χ4v) is 1.44. The lowest BCUT2D eigenvalue weighted by Crippen LogP contribution is -2.15. The van der Waals surface area contributed by atoms with E-state index in [0.717, 1.165) is 12.8 Å². The second-order valence-corrected chi connectivity index (χ2v) is 3.49. The smallest absolute Gasteiger partial charge is 0.378 e. The van der Waals surface area contributed by atoms with Gasteiger partial charge in [0.25, 0.3) is 0 Å². The van der Waals surface area contributed by atoms with Crippen molar-refractivity contribution in [1.29, 1.82) is 0 Å². The average Bonchev–Trinajstić information content (AvgIpc) is 2.52. The van der Waals surface area contributed by atoms with Crippen LogP contribution in [0.25, 0.3) is 0 Å². The number of Topliss-reactive ketones (excluding diaryl/α,β-unsaturated/α-hetero) is 1. The van der Waals surface area contributed by atoms with Gasteiger partial charge in [0.15, 0.2) is 0 Å². The van der Waals surface area contributed by atoms with Crippen molar-refractivity contribution in [1.82, 2.24) is 0 Å². The van der Waals surface area contributed by atoms with Gasteiger partial charge in [-0.05, 0) is 12.8 Å². The summed E-state index contributed by atoms with van der Waals surface area (Å²) in [6.45, 7) is 0.622. The monoisotopic (exact) mass is 210 g/mol. The van der Waals surface area contributed by atoms with Gasteiger partial charge in [0, 0.05) is 19.4 Å². The third-order valence-electron chi connectivity index (χ3n) is 2.17. The molecule has 1 aliphatic rings. The second kappa shape index (κ2) is 4.77. The summed E-state index contributed by atoms with van der Waals surface area (Å²) in [4.78, 5) is 11.1. The van der Waals surface area contributed by atoms with Crippen molar-refractivity contribution >= 4 is 5.78 Å². The molecule has 1 atom stereocenters. The highest BCUT2D eigenvalue weighted by molar-refractivity contribution is 5.78. The van der Waals surface area contributed by atoms with E-state index in [-0.39, 0.29) is 18.3 Å². The van der Waals surface area contributed by atoms with Crippen LogP contribution in [0, 0.1) is 0 Å². The van der Waals surface area contributed by atoms with Gasteiger partial charge in [0.1, 0.15) is 5.78 Å². The third kappa shape index (κ3) is 4.60. The first-order valence-corrected chi connectivity index (χ1v) is 4.67. The van der Waals surface area contributed by atoms with Gasteiger partial charge in [-0.15, -0.1) is 0 Å². The first kappa shape index (κ1) is 11.5. The predicted molar refractivity (Wildman–Crippen MR) is 43.9 cm³/mol. The van der Waals surface area contributed by atoms with Gasteiger partial charge in [-0.1, -0.05) is 0 Å². The van der Waals surface area contributed by atoms with Crippen LogP contribution in [0.4, 0.5) is 13.2 Å². The Labute approximate surface area is 80.4 Å². The van der Waals surface area contributed by atoms with E-state index in [0.29, 0.717) is 6.61 Å². The van der Waals surface area contributed by atoms with Crippen LogP contribution >= 0.6 is 0 Å². The number of ketones is 1. The van der Waals surface area contributed by atoms with Crippen LogP contribution in [0.5, 0.6) is 0 Å². The molecular formula is C9H13F3O2. The van der Waals surface area contributed by atoms with E-state index >= 15 is 0 Å². The highest BCUT2D eigenvalue weighted by Crippen LogP contribution is 2.23. The SMILES string of the molecule is O=C(CCC(F)(F)F)CC1CCCO1. The largest absolute Gasteiger partial charge is 0.389 e. The number of hydrogen-bond acceptors (Lipinski definition) is 2. The van der Waals surface area contributed by atoms with E-state index in [4.69, 9.17) is 4.74 Å². The van der Waals surface area contributed by atoms with Crippen LogP contribution in [0.15, 0.2) is 0 Å². The van der Waals surface area contributed by atoms with Gasteiger partial charge in [0.2, 0.25) is 0 Å². The molecule has 14 heavy (non-hydrogen) atoms. The van der Waals surface area contributed by atoms with Gasteiger partial charge < -0.3 is 4.74 Å². The molecule has 1 fully saturated rings. The van der Waals surface area contributed by atoms with Crippen molar-refractivity contribution in [3.8, 4) is 0 Å². The molecule has 0 radical (unpaired) electrons. The molecule has 1 unspecified atom stereocenters. The maximum atomic E-state index is 11.7. The van der Waals surface area contributed by atoms with Crippen LogP contribution in [0.1, 0.15) is 32.1 Å². The standard InChI is InChI=1S/C9H13F3O2/c10-9(11,12)4-3-7(13)6-8-2-1-5-14-8/h8H,1-6H2. The van der Waals surface area contributed by atoms with E-state index in [1.165, 1.54) is 0 Å². The molecule has 1 saturated heterocycles. The van der Waals surface area contributed by atoms with Gasteiger partial charge in [0.05, 0.1) is 12.5 Å². The number of carbonyl (C=O) groups excluding carboxylic acids is 1. The maximum Gasteiger partial charge on any atom is 0.389 e. The second-order valence-electron chi connectivity index (χ2n) is 3.49. The lowest BCUT2D eigenvalue weighted by atomic mass is 10.1. The summed E-state index contributed by atoms with van der Waals surface area (Å²) in [5.74, 6) is -0.353. The fraction of sp³-hybridized carbons (Fsp3) is 0.889. The van der Waals surface area contributed by atoms with Crippen molar-refractivity contribution < 1.29 is 22.7 Å². The molecule has 0 spiro atoms. The fourth-order valence-electron chi connectivity index (χ4n) is 1.44. The van der Waals surface area contributed by atoms with E-state index in [9.17, 15) is 18.0 Å². The summed E-state index contributed by atoms with van der Waals surface area (Å²) in [6, 6.07) is 0. The Kier molecular flexibility index (Phi) is 3.92. The molecule has 82 valence electrons. The number of rotatable bonds is 4. The molecule has 0 aromatic rings. The Morgan fingerprint density at radius 1 is 1.43 bits per heavy atom. The Hall–Kier alpha value is -0.580. The van der Waals surface area contributed by atoms with Crippen molar-refractivity contribution in [3.63, 3.8) is 0 Å². The quantitative estimate of drug-likeness (QED) is 0.712.